The second kappa shape index (κ2) is 8.65. The number of amides is 1. The van der Waals surface area contributed by atoms with Crippen LogP contribution in [0.25, 0.3) is 0 Å². The lowest BCUT2D eigenvalue weighted by Crippen LogP contribution is -2.46. The smallest absolute Gasteiger partial charge is 0.243 e. The van der Waals surface area contributed by atoms with Crippen molar-refractivity contribution in [3.63, 3.8) is 0 Å². The molecule has 0 aromatic heterocycles. The van der Waals surface area contributed by atoms with Crippen molar-refractivity contribution in [2.75, 3.05) is 19.6 Å². The standard InChI is InChI=1S/C20H24N2O4S/c23-19(16-8-3-1-4-9-16)14-21-20(24)17-10-7-13-22(15-17)27(25,26)18-11-5-2-6-12-18/h1-6,8-9,11-12,17,19,23H,7,10,13-15H2,(H,21,24). The summed E-state index contributed by atoms with van der Waals surface area (Å²) in [6.45, 7) is 0.670. The first kappa shape index (κ1) is 19.5. The van der Waals surface area contributed by atoms with E-state index in [2.05, 4.69) is 5.32 Å². The number of carbonyl (C=O) groups excluding carboxylic acids is 1. The van der Waals surface area contributed by atoms with E-state index in [1.807, 2.05) is 18.2 Å². The van der Waals surface area contributed by atoms with E-state index in [-0.39, 0.29) is 23.9 Å². The van der Waals surface area contributed by atoms with Gasteiger partial charge in [-0.3, -0.25) is 4.79 Å². The van der Waals surface area contributed by atoms with Crippen molar-refractivity contribution in [1.82, 2.24) is 9.62 Å². The number of hydrogen-bond donors (Lipinski definition) is 2. The molecule has 1 heterocycles. The van der Waals surface area contributed by atoms with Crippen LogP contribution in [0.2, 0.25) is 0 Å². The Bertz CT molecular complexity index is 856. The summed E-state index contributed by atoms with van der Waals surface area (Å²) in [6.07, 6.45) is 0.474. The summed E-state index contributed by atoms with van der Waals surface area (Å²) in [5.41, 5.74) is 0.731. The zero-order valence-electron chi connectivity index (χ0n) is 15.0. The van der Waals surface area contributed by atoms with E-state index in [9.17, 15) is 18.3 Å². The van der Waals surface area contributed by atoms with Crippen molar-refractivity contribution >= 4 is 15.9 Å². The predicted molar refractivity (Wildman–Crippen MR) is 102 cm³/mol. The zero-order valence-corrected chi connectivity index (χ0v) is 15.8. The van der Waals surface area contributed by atoms with Crippen LogP contribution in [0.4, 0.5) is 0 Å². The number of aliphatic hydroxyl groups excluding tert-OH is 1. The van der Waals surface area contributed by atoms with Crippen LogP contribution in [0.3, 0.4) is 0 Å². The average molecular weight is 388 g/mol. The number of nitrogens with one attached hydrogen (secondary N) is 1. The van der Waals surface area contributed by atoms with Gasteiger partial charge in [0.15, 0.2) is 0 Å². The molecular weight excluding hydrogens is 364 g/mol. The SMILES string of the molecule is O=C(NCC(O)c1ccccc1)C1CCCN(S(=O)(=O)c2ccccc2)C1. The quantitative estimate of drug-likeness (QED) is 0.792. The lowest BCUT2D eigenvalue weighted by molar-refractivity contribution is -0.126. The third kappa shape index (κ3) is 4.74. The lowest BCUT2D eigenvalue weighted by Gasteiger charge is -2.31. The molecule has 2 aromatic rings. The Morgan fingerprint density at radius 3 is 2.41 bits per heavy atom. The average Bonchev–Trinajstić information content (AvgIpc) is 2.73. The van der Waals surface area contributed by atoms with Crippen LogP contribution in [0.5, 0.6) is 0 Å². The molecule has 1 aliphatic rings. The van der Waals surface area contributed by atoms with Crippen LogP contribution in [-0.4, -0.2) is 43.4 Å². The number of hydrogen-bond acceptors (Lipinski definition) is 4. The minimum absolute atomic E-state index is 0.102. The van der Waals surface area contributed by atoms with Crippen molar-refractivity contribution < 1.29 is 18.3 Å². The summed E-state index contributed by atoms with van der Waals surface area (Å²) < 4.78 is 26.9. The number of nitrogens with zero attached hydrogens (tertiary/aromatic N) is 1. The van der Waals surface area contributed by atoms with Gasteiger partial charge in [0.1, 0.15) is 0 Å². The minimum atomic E-state index is -3.60. The largest absolute Gasteiger partial charge is 0.387 e. The fraction of sp³-hybridized carbons (Fsp3) is 0.350. The summed E-state index contributed by atoms with van der Waals surface area (Å²) in [4.78, 5) is 12.7. The van der Waals surface area contributed by atoms with Crippen molar-refractivity contribution in [1.29, 1.82) is 0 Å². The van der Waals surface area contributed by atoms with Gasteiger partial charge in [-0.05, 0) is 30.5 Å². The third-order valence-corrected chi connectivity index (χ3v) is 6.67. The first-order valence-corrected chi connectivity index (χ1v) is 10.5. The van der Waals surface area contributed by atoms with Gasteiger partial charge in [-0.15, -0.1) is 0 Å². The molecule has 144 valence electrons. The maximum atomic E-state index is 12.8. The molecule has 1 aliphatic heterocycles. The summed E-state index contributed by atoms with van der Waals surface area (Å²) >= 11 is 0. The van der Waals surface area contributed by atoms with Crippen LogP contribution >= 0.6 is 0 Å². The Kier molecular flexibility index (Phi) is 6.26. The van der Waals surface area contributed by atoms with E-state index in [1.165, 1.54) is 4.31 Å². The Morgan fingerprint density at radius 2 is 1.74 bits per heavy atom. The van der Waals surface area contributed by atoms with Gasteiger partial charge >= 0.3 is 0 Å². The first-order valence-electron chi connectivity index (χ1n) is 9.04. The molecule has 7 heteroatoms. The minimum Gasteiger partial charge on any atom is -0.387 e. The van der Waals surface area contributed by atoms with E-state index in [1.54, 1.807) is 42.5 Å². The van der Waals surface area contributed by atoms with Crippen LogP contribution < -0.4 is 5.32 Å². The highest BCUT2D eigenvalue weighted by molar-refractivity contribution is 7.89. The normalized spacial score (nSPS) is 19.4. The van der Waals surface area contributed by atoms with Crippen LogP contribution in [-0.2, 0) is 14.8 Å². The molecule has 6 nitrogen and oxygen atoms in total. The van der Waals surface area contributed by atoms with Gasteiger partial charge in [0.25, 0.3) is 0 Å². The topological polar surface area (TPSA) is 86.7 Å². The molecule has 0 spiro atoms. The van der Waals surface area contributed by atoms with Gasteiger partial charge in [-0.2, -0.15) is 4.31 Å². The van der Waals surface area contributed by atoms with Crippen molar-refractivity contribution in [3.8, 4) is 0 Å². The summed E-state index contributed by atoms with van der Waals surface area (Å²) in [6, 6.07) is 17.4. The molecule has 1 fully saturated rings. The number of carbonyl (C=O) groups is 1. The highest BCUT2D eigenvalue weighted by Crippen LogP contribution is 2.24. The van der Waals surface area contributed by atoms with Crippen LogP contribution in [0.15, 0.2) is 65.6 Å². The molecule has 27 heavy (non-hydrogen) atoms. The molecule has 2 atom stereocenters. The molecule has 2 aromatic carbocycles. The molecule has 0 bridgehead atoms. The van der Waals surface area contributed by atoms with Gasteiger partial charge in [0.05, 0.1) is 16.9 Å². The molecule has 1 saturated heterocycles. The molecule has 0 aliphatic carbocycles. The predicted octanol–water partition coefficient (Wildman–Crippen LogP) is 1.94. The second-order valence-corrected chi connectivity index (χ2v) is 8.62. The fourth-order valence-corrected chi connectivity index (χ4v) is 4.80. The Morgan fingerprint density at radius 1 is 1.11 bits per heavy atom. The van der Waals surface area contributed by atoms with Gasteiger partial charge < -0.3 is 10.4 Å². The lowest BCUT2D eigenvalue weighted by atomic mass is 9.98. The van der Waals surface area contributed by atoms with E-state index >= 15 is 0 Å². The molecule has 2 N–H and O–H groups in total. The molecule has 1 amide bonds. The maximum absolute atomic E-state index is 12.8. The van der Waals surface area contributed by atoms with Crippen molar-refractivity contribution in [3.05, 3.63) is 66.2 Å². The Balaban J connectivity index is 1.60. The first-order chi connectivity index (χ1) is 13.0. The third-order valence-electron chi connectivity index (χ3n) is 4.79. The van der Waals surface area contributed by atoms with E-state index < -0.39 is 22.0 Å². The summed E-state index contributed by atoms with van der Waals surface area (Å²) in [7, 11) is -3.60. The van der Waals surface area contributed by atoms with Gasteiger partial charge in [0.2, 0.25) is 15.9 Å². The van der Waals surface area contributed by atoms with Gasteiger partial charge in [-0.25, -0.2) is 8.42 Å². The summed E-state index contributed by atoms with van der Waals surface area (Å²) in [5, 5.41) is 12.9. The Labute approximate surface area is 159 Å². The van der Waals surface area contributed by atoms with E-state index in [0.29, 0.717) is 19.4 Å². The Hall–Kier alpha value is -2.22. The second-order valence-electron chi connectivity index (χ2n) is 6.69. The number of benzene rings is 2. The number of piperidine rings is 1. The zero-order chi connectivity index (χ0) is 19.3. The van der Waals surface area contributed by atoms with Crippen molar-refractivity contribution in [2.24, 2.45) is 5.92 Å². The molecule has 0 radical (unpaired) electrons. The number of sulfonamides is 1. The van der Waals surface area contributed by atoms with Gasteiger partial charge in [-0.1, -0.05) is 48.5 Å². The van der Waals surface area contributed by atoms with E-state index in [0.717, 1.165) is 5.56 Å². The van der Waals surface area contributed by atoms with E-state index in [4.69, 9.17) is 0 Å². The van der Waals surface area contributed by atoms with Crippen LogP contribution in [0, 0.1) is 5.92 Å². The molecular formula is C20H24N2O4S. The number of aliphatic hydroxyl groups is 1. The highest BCUT2D eigenvalue weighted by atomic mass is 32.2. The molecule has 2 unspecified atom stereocenters. The monoisotopic (exact) mass is 388 g/mol. The molecule has 0 saturated carbocycles. The fourth-order valence-electron chi connectivity index (χ4n) is 3.25. The number of rotatable bonds is 6. The molecule has 3 rings (SSSR count). The van der Waals surface area contributed by atoms with Gasteiger partial charge in [0, 0.05) is 19.6 Å². The highest BCUT2D eigenvalue weighted by Gasteiger charge is 2.33. The van der Waals surface area contributed by atoms with Crippen LogP contribution in [0.1, 0.15) is 24.5 Å². The maximum Gasteiger partial charge on any atom is 0.243 e. The van der Waals surface area contributed by atoms with Crippen molar-refractivity contribution in [2.45, 2.75) is 23.8 Å². The summed E-state index contributed by atoms with van der Waals surface area (Å²) in [5.74, 6) is -0.641.